The lowest BCUT2D eigenvalue weighted by molar-refractivity contribution is 0.246. The number of unbranched alkanes of at least 4 members (excludes halogenated alkanes) is 5. The van der Waals surface area contributed by atoms with E-state index in [1.807, 2.05) is 24.5 Å². The lowest BCUT2D eigenvalue weighted by Crippen LogP contribution is -2.12. The number of rotatable bonds is 15. The Labute approximate surface area is 184 Å². The quantitative estimate of drug-likeness (QED) is 0.280. The van der Waals surface area contributed by atoms with E-state index < -0.39 is 0 Å². The van der Waals surface area contributed by atoms with E-state index in [0.717, 1.165) is 42.5 Å². The molecule has 0 aliphatic rings. The van der Waals surface area contributed by atoms with Crippen LogP contribution >= 0.6 is 0 Å². The second-order valence-electron chi connectivity index (χ2n) is 8.84. The minimum atomic E-state index is 0.701. The summed E-state index contributed by atoms with van der Waals surface area (Å²) < 4.78 is 5.95. The zero-order valence-electron chi connectivity index (χ0n) is 19.7. The maximum absolute atomic E-state index is 5.95. The minimum absolute atomic E-state index is 0.701. The smallest absolute Gasteiger partial charge is 0.159 e. The number of hydrogen-bond acceptors (Lipinski definition) is 3. The fourth-order valence-corrected chi connectivity index (χ4v) is 3.83. The Morgan fingerprint density at radius 3 is 2.07 bits per heavy atom. The van der Waals surface area contributed by atoms with Crippen LogP contribution in [0.15, 0.2) is 36.7 Å². The summed E-state index contributed by atoms with van der Waals surface area (Å²) in [5, 5.41) is 0. The Kier molecular flexibility index (Phi) is 11.5. The van der Waals surface area contributed by atoms with Crippen LogP contribution in [0.1, 0.15) is 91.0 Å². The van der Waals surface area contributed by atoms with Gasteiger partial charge in [0.05, 0.1) is 6.61 Å². The van der Waals surface area contributed by atoms with Crippen LogP contribution in [-0.2, 0) is 6.42 Å². The topological polar surface area (TPSA) is 35.0 Å². The highest BCUT2D eigenvalue weighted by Crippen LogP contribution is 2.22. The van der Waals surface area contributed by atoms with Crippen molar-refractivity contribution in [1.82, 2.24) is 9.97 Å². The summed E-state index contributed by atoms with van der Waals surface area (Å²) in [5.41, 5.74) is 2.28. The molecule has 0 N–H and O–H groups in total. The molecule has 166 valence electrons. The van der Waals surface area contributed by atoms with Gasteiger partial charge in [-0.15, -0.1) is 0 Å². The molecular weight excluding hydrogens is 368 g/mol. The van der Waals surface area contributed by atoms with Crippen molar-refractivity contribution < 1.29 is 4.74 Å². The van der Waals surface area contributed by atoms with E-state index in [2.05, 4.69) is 49.8 Å². The third-order valence-electron chi connectivity index (χ3n) is 6.19. The molecule has 2 rings (SSSR count). The number of ether oxygens (including phenoxy) is 1. The van der Waals surface area contributed by atoms with Crippen molar-refractivity contribution >= 4 is 0 Å². The van der Waals surface area contributed by atoms with Crippen LogP contribution in [0, 0.1) is 11.8 Å². The summed E-state index contributed by atoms with van der Waals surface area (Å²) in [7, 11) is 0. The molecule has 2 aromatic rings. The average Bonchev–Trinajstić information content (AvgIpc) is 2.77. The predicted octanol–water partition coefficient (Wildman–Crippen LogP) is 7.89. The Morgan fingerprint density at radius 2 is 1.40 bits per heavy atom. The van der Waals surface area contributed by atoms with Crippen LogP contribution in [0.3, 0.4) is 0 Å². The van der Waals surface area contributed by atoms with Gasteiger partial charge < -0.3 is 4.74 Å². The van der Waals surface area contributed by atoms with E-state index in [9.17, 15) is 0 Å². The van der Waals surface area contributed by atoms with Crippen LogP contribution in [0.25, 0.3) is 11.4 Å². The molecule has 1 aromatic carbocycles. The van der Waals surface area contributed by atoms with Crippen LogP contribution in [0.5, 0.6) is 5.75 Å². The van der Waals surface area contributed by atoms with Gasteiger partial charge in [0.25, 0.3) is 0 Å². The molecule has 2 atom stereocenters. The third-order valence-corrected chi connectivity index (χ3v) is 6.19. The first-order valence-electron chi connectivity index (χ1n) is 12.2. The molecule has 30 heavy (non-hydrogen) atoms. The van der Waals surface area contributed by atoms with Gasteiger partial charge in [-0.25, -0.2) is 9.97 Å². The van der Waals surface area contributed by atoms with Gasteiger partial charge in [0, 0.05) is 18.0 Å². The van der Waals surface area contributed by atoms with Crippen molar-refractivity contribution in [3.63, 3.8) is 0 Å². The van der Waals surface area contributed by atoms with Crippen molar-refractivity contribution in [3.05, 3.63) is 42.2 Å². The molecule has 3 heteroatoms. The van der Waals surface area contributed by atoms with Gasteiger partial charge in [-0.2, -0.15) is 0 Å². The largest absolute Gasteiger partial charge is 0.494 e. The molecule has 0 radical (unpaired) electrons. The van der Waals surface area contributed by atoms with Crippen molar-refractivity contribution in [3.8, 4) is 17.1 Å². The number of hydrogen-bond donors (Lipinski definition) is 0. The summed E-state index contributed by atoms with van der Waals surface area (Å²) in [6.45, 7) is 9.98. The van der Waals surface area contributed by atoms with Crippen LogP contribution in [0.4, 0.5) is 0 Å². The second kappa shape index (κ2) is 14.2. The van der Waals surface area contributed by atoms with E-state index in [1.54, 1.807) is 0 Å². The Balaban J connectivity index is 1.75. The van der Waals surface area contributed by atoms with E-state index in [1.165, 1.54) is 56.9 Å². The van der Waals surface area contributed by atoms with Gasteiger partial charge in [-0.3, -0.25) is 0 Å². The molecule has 0 saturated heterocycles. The zero-order valence-corrected chi connectivity index (χ0v) is 19.7. The highest BCUT2D eigenvalue weighted by molar-refractivity contribution is 5.55. The zero-order chi connectivity index (χ0) is 21.6. The minimum Gasteiger partial charge on any atom is -0.494 e. The van der Waals surface area contributed by atoms with Gasteiger partial charge in [0.1, 0.15) is 5.75 Å². The molecule has 3 nitrogen and oxygen atoms in total. The van der Waals surface area contributed by atoms with Gasteiger partial charge in [0.15, 0.2) is 5.82 Å². The summed E-state index contributed by atoms with van der Waals surface area (Å²) in [5.74, 6) is 3.18. The normalized spacial score (nSPS) is 13.2. The van der Waals surface area contributed by atoms with E-state index in [0.29, 0.717) is 5.92 Å². The Bertz CT molecular complexity index is 681. The fraction of sp³-hybridized carbons (Fsp3) is 0.630. The first-order valence-corrected chi connectivity index (χ1v) is 12.2. The van der Waals surface area contributed by atoms with Crippen LogP contribution in [-0.4, -0.2) is 16.6 Å². The standard InChI is InChI=1S/C27H42N2O/c1-5-7-8-9-10-11-13-24-20-28-27(29-21-24)25-14-16-26(17-15-25)30-19-18-23(4)22(3)12-6-2/h14-17,20-23H,5-13,18-19H2,1-4H3. The van der Waals surface area contributed by atoms with Gasteiger partial charge in [-0.05, 0) is 60.9 Å². The molecule has 0 fully saturated rings. The molecule has 0 aliphatic heterocycles. The summed E-state index contributed by atoms with van der Waals surface area (Å²) in [6, 6.07) is 8.18. The Hall–Kier alpha value is -1.90. The maximum atomic E-state index is 5.95. The monoisotopic (exact) mass is 410 g/mol. The maximum Gasteiger partial charge on any atom is 0.159 e. The molecular formula is C27H42N2O. The Morgan fingerprint density at radius 1 is 0.767 bits per heavy atom. The molecule has 0 bridgehead atoms. The average molecular weight is 411 g/mol. The fourth-order valence-electron chi connectivity index (χ4n) is 3.83. The van der Waals surface area contributed by atoms with Gasteiger partial charge in [0.2, 0.25) is 0 Å². The van der Waals surface area contributed by atoms with E-state index >= 15 is 0 Å². The molecule has 0 aliphatic carbocycles. The van der Waals surface area contributed by atoms with Crippen molar-refractivity contribution in [2.75, 3.05) is 6.61 Å². The van der Waals surface area contributed by atoms with E-state index in [-0.39, 0.29) is 0 Å². The van der Waals surface area contributed by atoms with Crippen molar-refractivity contribution in [2.45, 2.75) is 91.9 Å². The molecule has 0 amide bonds. The van der Waals surface area contributed by atoms with Crippen molar-refractivity contribution in [2.24, 2.45) is 11.8 Å². The summed E-state index contributed by atoms with van der Waals surface area (Å²) >= 11 is 0. The molecule has 1 heterocycles. The van der Waals surface area contributed by atoms with Crippen molar-refractivity contribution in [1.29, 1.82) is 0 Å². The van der Waals surface area contributed by atoms with Gasteiger partial charge >= 0.3 is 0 Å². The molecule has 1 aromatic heterocycles. The predicted molar refractivity (Wildman–Crippen MR) is 128 cm³/mol. The number of nitrogens with zero attached hydrogens (tertiary/aromatic N) is 2. The SMILES string of the molecule is CCCCCCCCc1cnc(-c2ccc(OCCC(C)C(C)CCC)cc2)nc1. The number of aryl methyl sites for hydroxylation is 1. The van der Waals surface area contributed by atoms with Crippen LogP contribution < -0.4 is 4.74 Å². The second-order valence-corrected chi connectivity index (χ2v) is 8.84. The molecule has 0 spiro atoms. The number of benzene rings is 1. The first-order chi connectivity index (χ1) is 14.6. The van der Waals surface area contributed by atoms with Gasteiger partial charge in [-0.1, -0.05) is 72.6 Å². The lowest BCUT2D eigenvalue weighted by atomic mass is 9.90. The highest BCUT2D eigenvalue weighted by Gasteiger charge is 2.11. The highest BCUT2D eigenvalue weighted by atomic mass is 16.5. The molecule has 0 saturated carbocycles. The third kappa shape index (κ3) is 8.85. The molecule has 2 unspecified atom stereocenters. The number of aromatic nitrogens is 2. The summed E-state index contributed by atoms with van der Waals surface area (Å²) in [6.07, 6.45) is 16.6. The first kappa shape index (κ1) is 24.4. The van der Waals surface area contributed by atoms with Crippen LogP contribution in [0.2, 0.25) is 0 Å². The summed E-state index contributed by atoms with van der Waals surface area (Å²) in [4.78, 5) is 9.15. The lowest BCUT2D eigenvalue weighted by Gasteiger charge is -2.19. The van der Waals surface area contributed by atoms with E-state index in [4.69, 9.17) is 4.74 Å².